The Labute approximate surface area is 144 Å². The molecule has 2 amide bonds. The lowest BCUT2D eigenvalue weighted by Gasteiger charge is -2.39. The van der Waals surface area contributed by atoms with Gasteiger partial charge in [0.05, 0.1) is 6.61 Å². The molecule has 0 N–H and O–H groups in total. The van der Waals surface area contributed by atoms with Crippen molar-refractivity contribution in [1.29, 1.82) is 0 Å². The summed E-state index contributed by atoms with van der Waals surface area (Å²) in [6, 6.07) is 3.17. The molecule has 3 rings (SSSR count). The average molecular weight is 358 g/mol. The minimum absolute atomic E-state index is 0.115. The smallest absolute Gasteiger partial charge is 0.410 e. The molecular formula is C15H17Cl2N3O3. The number of amides is 2. The summed E-state index contributed by atoms with van der Waals surface area (Å²) in [5.74, 6) is -0.115. The van der Waals surface area contributed by atoms with Crippen molar-refractivity contribution in [1.82, 2.24) is 14.8 Å². The number of carbonyl (C=O) groups is 2. The van der Waals surface area contributed by atoms with Crippen LogP contribution < -0.4 is 0 Å². The van der Waals surface area contributed by atoms with E-state index in [-0.39, 0.29) is 28.3 Å². The molecule has 0 aromatic carbocycles. The highest BCUT2D eigenvalue weighted by molar-refractivity contribution is 6.33. The Morgan fingerprint density at radius 3 is 2.43 bits per heavy atom. The zero-order chi connectivity index (χ0) is 16.4. The van der Waals surface area contributed by atoms with Gasteiger partial charge in [0.2, 0.25) is 0 Å². The molecule has 6 nitrogen and oxygen atoms in total. The monoisotopic (exact) mass is 357 g/mol. The van der Waals surface area contributed by atoms with Gasteiger partial charge in [0, 0.05) is 31.2 Å². The topological polar surface area (TPSA) is 62.7 Å². The van der Waals surface area contributed by atoms with Crippen LogP contribution in [0.15, 0.2) is 12.1 Å². The van der Waals surface area contributed by atoms with Gasteiger partial charge in [-0.25, -0.2) is 9.78 Å². The molecule has 2 fully saturated rings. The molecule has 23 heavy (non-hydrogen) atoms. The van der Waals surface area contributed by atoms with Crippen molar-refractivity contribution in [2.24, 2.45) is 0 Å². The molecule has 2 aliphatic heterocycles. The predicted octanol–water partition coefficient (Wildman–Crippen LogP) is 2.84. The zero-order valence-electron chi connectivity index (χ0n) is 12.5. The third kappa shape index (κ3) is 3.70. The number of piperidine rings is 1. The Bertz CT molecular complexity index is 598. The van der Waals surface area contributed by atoms with Crippen molar-refractivity contribution in [3.8, 4) is 0 Å². The van der Waals surface area contributed by atoms with Gasteiger partial charge in [-0.3, -0.25) is 4.79 Å². The summed E-state index contributed by atoms with van der Waals surface area (Å²) in [5, 5.41) is 0.401. The molecule has 3 heterocycles. The van der Waals surface area contributed by atoms with Crippen LogP contribution in [0.4, 0.5) is 4.79 Å². The molecule has 8 heteroatoms. The molecule has 1 aromatic heterocycles. The Morgan fingerprint density at radius 1 is 1.17 bits per heavy atom. The second kappa shape index (κ2) is 6.93. The van der Waals surface area contributed by atoms with Gasteiger partial charge in [-0.05, 0) is 31.4 Å². The fourth-order valence-electron chi connectivity index (χ4n) is 3.05. The Morgan fingerprint density at radius 2 is 1.83 bits per heavy atom. The van der Waals surface area contributed by atoms with Gasteiger partial charge >= 0.3 is 6.09 Å². The van der Waals surface area contributed by atoms with Crippen molar-refractivity contribution in [2.45, 2.75) is 25.3 Å². The van der Waals surface area contributed by atoms with Gasteiger partial charge in [0.15, 0.2) is 0 Å². The second-order valence-corrected chi connectivity index (χ2v) is 6.46. The van der Waals surface area contributed by atoms with E-state index in [0.29, 0.717) is 25.3 Å². The number of nitrogens with zero attached hydrogens (tertiary/aromatic N) is 3. The maximum absolute atomic E-state index is 12.5. The molecule has 0 saturated carbocycles. The van der Waals surface area contributed by atoms with E-state index in [2.05, 4.69) is 4.98 Å². The van der Waals surface area contributed by atoms with E-state index >= 15 is 0 Å². The number of cyclic esters (lactones) is 1. The second-order valence-electron chi connectivity index (χ2n) is 5.69. The van der Waals surface area contributed by atoms with Crippen molar-refractivity contribution in [3.05, 3.63) is 28.0 Å². The number of aromatic nitrogens is 1. The lowest BCUT2D eigenvalue weighted by atomic mass is 10.0. The highest BCUT2D eigenvalue weighted by atomic mass is 35.5. The van der Waals surface area contributed by atoms with Gasteiger partial charge < -0.3 is 14.5 Å². The molecule has 0 unspecified atom stereocenters. The van der Waals surface area contributed by atoms with Crippen molar-refractivity contribution >= 4 is 35.2 Å². The molecule has 1 aromatic rings. The fraction of sp³-hybridized carbons (Fsp3) is 0.533. The molecule has 2 saturated heterocycles. The number of pyridine rings is 1. The third-order valence-corrected chi connectivity index (χ3v) is 4.59. The van der Waals surface area contributed by atoms with Crippen LogP contribution in [0.1, 0.15) is 29.6 Å². The Hall–Kier alpha value is -1.53. The predicted molar refractivity (Wildman–Crippen MR) is 85.9 cm³/mol. The molecule has 0 atom stereocenters. The summed E-state index contributed by atoms with van der Waals surface area (Å²) in [6.07, 6.45) is 2.10. The van der Waals surface area contributed by atoms with E-state index < -0.39 is 0 Å². The molecule has 0 bridgehead atoms. The van der Waals surface area contributed by atoms with Gasteiger partial charge in [-0.15, -0.1) is 0 Å². The van der Waals surface area contributed by atoms with Crippen LogP contribution in [0.2, 0.25) is 10.3 Å². The first kappa shape index (κ1) is 16.3. The summed E-state index contributed by atoms with van der Waals surface area (Å²) < 4.78 is 5.08. The molecular weight excluding hydrogens is 341 g/mol. The molecule has 0 spiro atoms. The Kier molecular flexibility index (Phi) is 4.92. The van der Waals surface area contributed by atoms with E-state index in [1.807, 2.05) is 0 Å². The maximum atomic E-state index is 12.5. The van der Waals surface area contributed by atoms with E-state index in [1.54, 1.807) is 9.80 Å². The van der Waals surface area contributed by atoms with Crippen LogP contribution >= 0.6 is 23.2 Å². The molecule has 0 aliphatic carbocycles. The first-order chi connectivity index (χ1) is 11.0. The van der Waals surface area contributed by atoms with Crippen molar-refractivity contribution < 1.29 is 14.3 Å². The highest BCUT2D eigenvalue weighted by Crippen LogP contribution is 2.22. The van der Waals surface area contributed by atoms with Gasteiger partial charge in [0.1, 0.15) is 10.3 Å². The standard InChI is InChI=1S/C15H17Cl2N3O3/c16-12-8-10(9-13(17)18-12)14(21)19-5-2-11(3-6-19)20-4-1-7-23-15(20)22/h8-9,11H,1-7H2. The lowest BCUT2D eigenvalue weighted by molar-refractivity contribution is 0.0356. The van der Waals surface area contributed by atoms with E-state index in [9.17, 15) is 9.59 Å². The SMILES string of the molecule is O=C(c1cc(Cl)nc(Cl)c1)N1CCC(N2CCCOC2=O)CC1. The summed E-state index contributed by atoms with van der Waals surface area (Å²) in [5.41, 5.74) is 0.436. The van der Waals surface area contributed by atoms with Crippen LogP contribution in [-0.4, -0.2) is 59.1 Å². The van der Waals surface area contributed by atoms with Gasteiger partial charge in [-0.1, -0.05) is 23.2 Å². The van der Waals surface area contributed by atoms with Gasteiger partial charge in [-0.2, -0.15) is 0 Å². The first-order valence-electron chi connectivity index (χ1n) is 7.60. The number of ether oxygens (including phenoxy) is 1. The number of hydrogen-bond acceptors (Lipinski definition) is 4. The Balaban J connectivity index is 1.62. The zero-order valence-corrected chi connectivity index (χ0v) is 14.0. The number of likely N-dealkylation sites (tertiary alicyclic amines) is 1. The van der Waals surface area contributed by atoms with Crippen LogP contribution in [0, 0.1) is 0 Å². The van der Waals surface area contributed by atoms with E-state index in [4.69, 9.17) is 27.9 Å². The largest absolute Gasteiger partial charge is 0.449 e. The van der Waals surface area contributed by atoms with Crippen LogP contribution in [-0.2, 0) is 4.74 Å². The van der Waals surface area contributed by atoms with Crippen LogP contribution in [0.25, 0.3) is 0 Å². The van der Waals surface area contributed by atoms with Crippen LogP contribution in [0.5, 0.6) is 0 Å². The summed E-state index contributed by atoms with van der Waals surface area (Å²) in [6.45, 7) is 2.40. The quantitative estimate of drug-likeness (QED) is 0.763. The summed E-state index contributed by atoms with van der Waals surface area (Å²) in [7, 11) is 0. The van der Waals surface area contributed by atoms with E-state index in [1.165, 1.54) is 12.1 Å². The number of hydrogen-bond donors (Lipinski definition) is 0. The normalized spacial score (nSPS) is 19.7. The number of halogens is 2. The number of carbonyl (C=O) groups excluding carboxylic acids is 2. The average Bonchev–Trinajstić information content (AvgIpc) is 2.54. The summed E-state index contributed by atoms with van der Waals surface area (Å²) in [4.78, 5) is 31.7. The lowest BCUT2D eigenvalue weighted by Crippen LogP contribution is -2.50. The number of rotatable bonds is 2. The molecule has 124 valence electrons. The first-order valence-corrected chi connectivity index (χ1v) is 8.36. The summed E-state index contributed by atoms with van der Waals surface area (Å²) >= 11 is 11.7. The minimum Gasteiger partial charge on any atom is -0.449 e. The minimum atomic E-state index is -0.242. The molecule has 0 radical (unpaired) electrons. The highest BCUT2D eigenvalue weighted by Gasteiger charge is 2.32. The fourth-order valence-corrected chi connectivity index (χ4v) is 3.51. The van der Waals surface area contributed by atoms with Crippen molar-refractivity contribution in [3.63, 3.8) is 0 Å². The van der Waals surface area contributed by atoms with Crippen LogP contribution in [0.3, 0.4) is 0 Å². The third-order valence-electron chi connectivity index (χ3n) is 4.21. The van der Waals surface area contributed by atoms with Gasteiger partial charge in [0.25, 0.3) is 5.91 Å². The molecule has 2 aliphatic rings. The van der Waals surface area contributed by atoms with E-state index in [0.717, 1.165) is 25.8 Å². The maximum Gasteiger partial charge on any atom is 0.410 e. The van der Waals surface area contributed by atoms with Crippen molar-refractivity contribution in [2.75, 3.05) is 26.2 Å².